The van der Waals surface area contributed by atoms with Crippen LogP contribution in [0, 0.1) is 19.8 Å². The zero-order valence-corrected chi connectivity index (χ0v) is 12.8. The predicted molar refractivity (Wildman–Crippen MR) is 80.1 cm³/mol. The van der Waals surface area contributed by atoms with Crippen LogP contribution in [0.2, 0.25) is 0 Å². The van der Waals surface area contributed by atoms with Gasteiger partial charge in [-0.15, -0.1) is 0 Å². The van der Waals surface area contributed by atoms with Gasteiger partial charge in [0.1, 0.15) is 5.75 Å². The zero-order chi connectivity index (χ0) is 14.1. The van der Waals surface area contributed by atoms with Crippen molar-refractivity contribution in [2.75, 3.05) is 26.7 Å². The van der Waals surface area contributed by atoms with Gasteiger partial charge >= 0.3 is 0 Å². The minimum Gasteiger partial charge on any atom is -0.496 e. The number of pyridine rings is 1. The molecule has 2 atom stereocenters. The van der Waals surface area contributed by atoms with Crippen LogP contribution in [-0.2, 0) is 6.54 Å². The summed E-state index contributed by atoms with van der Waals surface area (Å²) in [6, 6.07) is 0.691. The average molecular weight is 275 g/mol. The largest absolute Gasteiger partial charge is 0.496 e. The maximum atomic E-state index is 5.50. The molecule has 2 aliphatic heterocycles. The number of piperidine rings is 1. The van der Waals surface area contributed by atoms with Crippen LogP contribution < -0.4 is 10.1 Å². The molecule has 4 nitrogen and oxygen atoms in total. The Morgan fingerprint density at radius 3 is 3.00 bits per heavy atom. The average Bonchev–Trinajstić information content (AvgIpc) is 2.85. The van der Waals surface area contributed by atoms with E-state index in [9.17, 15) is 0 Å². The Morgan fingerprint density at radius 1 is 1.40 bits per heavy atom. The van der Waals surface area contributed by atoms with Crippen molar-refractivity contribution in [2.45, 2.75) is 39.3 Å². The van der Waals surface area contributed by atoms with Crippen molar-refractivity contribution >= 4 is 0 Å². The predicted octanol–water partition coefficient (Wildman–Crippen LogP) is 1.89. The minimum atomic E-state index is 0.691. The van der Waals surface area contributed by atoms with Crippen molar-refractivity contribution in [3.8, 4) is 5.75 Å². The van der Waals surface area contributed by atoms with Gasteiger partial charge in [-0.25, -0.2) is 0 Å². The molecule has 1 aromatic heterocycles. The maximum Gasteiger partial charge on any atom is 0.128 e. The lowest BCUT2D eigenvalue weighted by molar-refractivity contribution is 0.307. The maximum absolute atomic E-state index is 5.50. The van der Waals surface area contributed by atoms with E-state index < -0.39 is 0 Å². The van der Waals surface area contributed by atoms with Crippen molar-refractivity contribution in [1.29, 1.82) is 0 Å². The van der Waals surface area contributed by atoms with Crippen LogP contribution in [0.25, 0.3) is 0 Å². The topological polar surface area (TPSA) is 37.4 Å². The fraction of sp³-hybridized carbons (Fsp3) is 0.688. The molecule has 0 aliphatic carbocycles. The minimum absolute atomic E-state index is 0.691. The second-order valence-electron chi connectivity index (χ2n) is 6.20. The third kappa shape index (κ3) is 2.54. The van der Waals surface area contributed by atoms with Crippen molar-refractivity contribution in [2.24, 2.45) is 5.92 Å². The van der Waals surface area contributed by atoms with E-state index in [1.165, 1.54) is 31.5 Å². The van der Waals surface area contributed by atoms with Crippen molar-refractivity contribution in [3.05, 3.63) is 23.0 Å². The summed E-state index contributed by atoms with van der Waals surface area (Å²) in [5, 5.41) is 3.66. The summed E-state index contributed by atoms with van der Waals surface area (Å²) in [5.41, 5.74) is 3.46. The molecule has 2 aliphatic rings. The number of hydrogen-bond donors (Lipinski definition) is 1. The lowest BCUT2D eigenvalue weighted by Gasteiger charge is -2.24. The Bertz CT molecular complexity index is 475. The number of nitrogens with one attached hydrogen (secondary N) is 1. The Kier molecular flexibility index (Phi) is 3.94. The lowest BCUT2D eigenvalue weighted by atomic mass is 9.94. The number of hydrogen-bond acceptors (Lipinski definition) is 4. The summed E-state index contributed by atoms with van der Waals surface area (Å²) in [6.45, 7) is 8.66. The summed E-state index contributed by atoms with van der Waals surface area (Å²) < 4.78 is 5.50. The van der Waals surface area contributed by atoms with Crippen molar-refractivity contribution in [3.63, 3.8) is 0 Å². The first kappa shape index (κ1) is 13.8. The first-order valence-electron chi connectivity index (χ1n) is 7.64. The van der Waals surface area contributed by atoms with E-state index in [2.05, 4.69) is 29.0 Å². The van der Waals surface area contributed by atoms with E-state index in [0.717, 1.165) is 36.0 Å². The molecular weight excluding hydrogens is 250 g/mol. The van der Waals surface area contributed by atoms with Gasteiger partial charge in [0.2, 0.25) is 0 Å². The summed E-state index contributed by atoms with van der Waals surface area (Å²) in [7, 11) is 1.74. The van der Waals surface area contributed by atoms with Crippen LogP contribution in [0.1, 0.15) is 29.7 Å². The zero-order valence-electron chi connectivity index (χ0n) is 12.8. The van der Waals surface area contributed by atoms with Gasteiger partial charge < -0.3 is 10.1 Å². The smallest absolute Gasteiger partial charge is 0.128 e. The fourth-order valence-electron chi connectivity index (χ4n) is 3.71. The van der Waals surface area contributed by atoms with E-state index in [4.69, 9.17) is 4.74 Å². The molecule has 2 fully saturated rings. The van der Waals surface area contributed by atoms with Crippen LogP contribution in [0.5, 0.6) is 5.75 Å². The molecule has 0 amide bonds. The highest BCUT2D eigenvalue weighted by Crippen LogP contribution is 2.28. The van der Waals surface area contributed by atoms with Crippen LogP contribution in [0.3, 0.4) is 0 Å². The molecule has 3 rings (SSSR count). The summed E-state index contributed by atoms with van der Waals surface area (Å²) in [4.78, 5) is 7.16. The fourth-order valence-corrected chi connectivity index (χ4v) is 3.71. The van der Waals surface area contributed by atoms with Gasteiger partial charge in [0.15, 0.2) is 0 Å². The lowest BCUT2D eigenvalue weighted by Crippen LogP contribution is -2.40. The Hall–Kier alpha value is -1.13. The molecule has 1 aromatic rings. The molecule has 4 heteroatoms. The van der Waals surface area contributed by atoms with Gasteiger partial charge in [0.25, 0.3) is 0 Å². The Labute approximate surface area is 121 Å². The number of likely N-dealkylation sites (tertiary alicyclic amines) is 1. The number of aromatic nitrogens is 1. The number of nitrogens with zero attached hydrogens (tertiary/aromatic N) is 2. The molecular formula is C16H25N3O. The van der Waals surface area contributed by atoms with Gasteiger partial charge in [-0.05, 0) is 39.2 Å². The Morgan fingerprint density at radius 2 is 2.25 bits per heavy atom. The standard InChI is InChI=1S/C16H25N3O/c1-11-7-18-14(12(2)16(11)20-3)9-19-8-13-5-4-6-17-15(13)10-19/h7,13,15,17H,4-6,8-10H2,1-3H3. The van der Waals surface area contributed by atoms with E-state index in [1.54, 1.807) is 7.11 Å². The van der Waals surface area contributed by atoms with Crippen LogP contribution in [-0.4, -0.2) is 42.7 Å². The van der Waals surface area contributed by atoms with Gasteiger partial charge in [-0.1, -0.05) is 0 Å². The van der Waals surface area contributed by atoms with Crippen LogP contribution >= 0.6 is 0 Å². The molecule has 110 valence electrons. The van der Waals surface area contributed by atoms with Gasteiger partial charge in [0.05, 0.1) is 12.8 Å². The number of ether oxygens (including phenoxy) is 1. The first-order valence-corrected chi connectivity index (χ1v) is 7.64. The van der Waals surface area contributed by atoms with Crippen molar-refractivity contribution in [1.82, 2.24) is 15.2 Å². The number of aryl methyl sites for hydroxylation is 1. The van der Waals surface area contributed by atoms with E-state index in [0.29, 0.717) is 6.04 Å². The second-order valence-corrected chi connectivity index (χ2v) is 6.20. The summed E-state index contributed by atoms with van der Waals surface area (Å²) >= 11 is 0. The van der Waals surface area contributed by atoms with Crippen LogP contribution in [0.4, 0.5) is 0 Å². The highest BCUT2D eigenvalue weighted by molar-refractivity contribution is 5.41. The van der Waals surface area contributed by atoms with E-state index in [1.807, 2.05) is 6.20 Å². The summed E-state index contributed by atoms with van der Waals surface area (Å²) in [5.74, 6) is 1.82. The van der Waals surface area contributed by atoms with Crippen LogP contribution in [0.15, 0.2) is 6.20 Å². The first-order chi connectivity index (χ1) is 9.69. The highest BCUT2D eigenvalue weighted by atomic mass is 16.5. The molecule has 3 heterocycles. The normalized spacial score (nSPS) is 26.6. The third-order valence-electron chi connectivity index (χ3n) is 4.80. The molecule has 0 aromatic carbocycles. The Balaban J connectivity index is 1.72. The monoisotopic (exact) mass is 275 g/mol. The number of rotatable bonds is 3. The highest BCUT2D eigenvalue weighted by Gasteiger charge is 2.34. The third-order valence-corrected chi connectivity index (χ3v) is 4.80. The molecule has 2 saturated heterocycles. The molecule has 0 spiro atoms. The molecule has 20 heavy (non-hydrogen) atoms. The molecule has 2 unspecified atom stereocenters. The second kappa shape index (κ2) is 5.70. The number of methoxy groups -OCH3 is 1. The van der Waals surface area contributed by atoms with E-state index in [-0.39, 0.29) is 0 Å². The number of fused-ring (bicyclic) bond motifs is 1. The molecule has 1 N–H and O–H groups in total. The van der Waals surface area contributed by atoms with E-state index >= 15 is 0 Å². The van der Waals surface area contributed by atoms with Gasteiger partial charge in [-0.3, -0.25) is 9.88 Å². The van der Waals surface area contributed by atoms with Crippen molar-refractivity contribution < 1.29 is 4.74 Å². The quantitative estimate of drug-likeness (QED) is 0.914. The molecule has 0 radical (unpaired) electrons. The molecule has 0 bridgehead atoms. The van der Waals surface area contributed by atoms with Gasteiger partial charge in [0, 0.05) is 43.0 Å². The molecule has 0 saturated carbocycles. The SMILES string of the molecule is COc1c(C)cnc(CN2CC3CCCNC3C2)c1C. The van der Waals surface area contributed by atoms with Gasteiger partial charge in [-0.2, -0.15) is 0 Å². The summed E-state index contributed by atoms with van der Waals surface area (Å²) in [6.07, 6.45) is 4.63.